The second kappa shape index (κ2) is 10.9. The molecule has 10 heteroatoms. The van der Waals surface area contributed by atoms with Crippen LogP contribution in [0, 0.1) is 6.28 Å². The zero-order valence-electron chi connectivity index (χ0n) is 18.2. The van der Waals surface area contributed by atoms with Gasteiger partial charge in [0, 0.05) is 32.1 Å². The van der Waals surface area contributed by atoms with Crippen LogP contribution in [0.1, 0.15) is 11.1 Å². The summed E-state index contributed by atoms with van der Waals surface area (Å²) in [6.07, 6.45) is 0. The van der Waals surface area contributed by atoms with Gasteiger partial charge in [0.05, 0.1) is 28.8 Å². The predicted octanol–water partition coefficient (Wildman–Crippen LogP) is 12.7. The van der Waals surface area contributed by atoms with Gasteiger partial charge in [0.15, 0.2) is 0 Å². The van der Waals surface area contributed by atoms with Crippen LogP contribution in [-0.2, 0) is 11.5 Å². The minimum Gasteiger partial charge on any atom is -0.118 e. The van der Waals surface area contributed by atoms with E-state index in [1.807, 2.05) is 12.1 Å². The monoisotopic (exact) mass is 652 g/mol. The molecule has 0 aliphatic rings. The highest BCUT2D eigenvalue weighted by molar-refractivity contribution is 7.99. The van der Waals surface area contributed by atoms with Gasteiger partial charge in [-0.15, -0.1) is 68.9 Å². The fraction of sp³-hybridized carbons (Fsp3) is 0.0769. The number of thioether (sulfide) groups is 2. The molecule has 180 valence electrons. The van der Waals surface area contributed by atoms with Gasteiger partial charge in [0.1, 0.15) is 6.28 Å². The summed E-state index contributed by atoms with van der Waals surface area (Å²) in [5.41, 5.74) is 2.51. The van der Waals surface area contributed by atoms with Crippen LogP contribution in [0.5, 0.6) is 0 Å². The van der Waals surface area contributed by atoms with Gasteiger partial charge in [-0.2, -0.15) is 0 Å². The summed E-state index contributed by atoms with van der Waals surface area (Å²) in [4.78, 5) is 2.15. The maximum atomic E-state index is 7.25. The number of halogens is 2. The third kappa shape index (κ3) is 4.83. The standard InChI is InChI=1S/C26H14Cl2S8/c27-17-15-16(19-23(35-25(29)33-19)21(17)31-11-13-7-3-1-4-8-13)18(28)22(24-20(15)34-26(30)36-24)32-12-14-9-5-2-6-10-14/h1-10H,11-12H2. The van der Waals surface area contributed by atoms with Crippen molar-refractivity contribution in [1.29, 1.82) is 0 Å². The molecule has 0 fully saturated rings. The first-order chi connectivity index (χ1) is 17.5. The predicted molar refractivity (Wildman–Crippen MR) is 174 cm³/mol. The van der Waals surface area contributed by atoms with Gasteiger partial charge in [-0.1, -0.05) is 108 Å². The van der Waals surface area contributed by atoms with Crippen molar-refractivity contribution >= 4 is 146 Å². The van der Waals surface area contributed by atoms with Crippen molar-refractivity contribution in [3.63, 3.8) is 0 Å². The van der Waals surface area contributed by atoms with Gasteiger partial charge in [0.2, 0.25) is 0 Å². The molecule has 6 rings (SSSR count). The van der Waals surface area contributed by atoms with Crippen LogP contribution >= 0.6 is 117 Å². The second-order valence-corrected chi connectivity index (χ2v) is 17.0. The normalized spacial score (nSPS) is 11.7. The van der Waals surface area contributed by atoms with E-state index in [1.54, 1.807) is 68.9 Å². The van der Waals surface area contributed by atoms with E-state index in [4.69, 9.17) is 47.6 Å². The van der Waals surface area contributed by atoms with Crippen LogP contribution in [0.2, 0.25) is 10.0 Å². The molecular weight excluding hydrogens is 640 g/mol. The fourth-order valence-corrected chi connectivity index (χ4v) is 13.0. The molecular formula is C26H14Cl2S8. The lowest BCUT2D eigenvalue weighted by Crippen LogP contribution is -1.88. The lowest BCUT2D eigenvalue weighted by molar-refractivity contribution is 1.40. The Labute approximate surface area is 252 Å². The molecule has 36 heavy (non-hydrogen) atoms. The molecule has 0 aliphatic heterocycles. The van der Waals surface area contributed by atoms with E-state index in [0.717, 1.165) is 67.2 Å². The number of benzene rings is 4. The molecule has 0 saturated carbocycles. The van der Waals surface area contributed by atoms with Crippen molar-refractivity contribution < 1.29 is 0 Å². The Morgan fingerprint density at radius 3 is 1.31 bits per heavy atom. The second-order valence-electron chi connectivity index (χ2n) is 7.81. The summed E-state index contributed by atoms with van der Waals surface area (Å²) < 4.78 is 6.26. The first-order valence-corrected chi connectivity index (χ1v) is 17.5. The van der Waals surface area contributed by atoms with Crippen molar-refractivity contribution in [3.05, 3.63) is 88.1 Å². The van der Waals surface area contributed by atoms with Gasteiger partial charge >= 0.3 is 0 Å². The fourth-order valence-electron chi connectivity index (χ4n) is 3.98. The molecule has 0 nitrogen and oxygen atoms in total. The van der Waals surface area contributed by atoms with Crippen LogP contribution in [0.15, 0.2) is 70.5 Å². The maximum Gasteiger partial charge on any atom is 0.144 e. The minimum atomic E-state index is 0.748. The molecule has 2 heterocycles. The molecule has 0 atom stereocenters. The Hall–Kier alpha value is -0.520. The smallest absolute Gasteiger partial charge is 0.118 e. The highest BCUT2D eigenvalue weighted by atomic mass is 35.5. The molecule has 0 radical (unpaired) electrons. The maximum absolute atomic E-state index is 7.25. The molecule has 6 aromatic rings. The van der Waals surface area contributed by atoms with E-state index in [9.17, 15) is 0 Å². The Balaban J connectivity index is 1.59. The van der Waals surface area contributed by atoms with E-state index in [2.05, 4.69) is 48.5 Å². The van der Waals surface area contributed by atoms with Crippen LogP contribution in [0.4, 0.5) is 0 Å². The lowest BCUT2D eigenvalue weighted by Gasteiger charge is -2.15. The molecule has 0 aliphatic carbocycles. The summed E-state index contributed by atoms with van der Waals surface area (Å²) in [6, 6.07) is 20.9. The minimum absolute atomic E-state index is 0.748. The van der Waals surface area contributed by atoms with Gasteiger partial charge < -0.3 is 0 Å². The van der Waals surface area contributed by atoms with Crippen molar-refractivity contribution in [2.75, 3.05) is 0 Å². The molecule has 0 spiro atoms. The first kappa shape index (κ1) is 25.7. The Morgan fingerprint density at radius 2 is 0.917 bits per heavy atom. The molecule has 4 aromatic carbocycles. The molecule has 2 aromatic heterocycles. The van der Waals surface area contributed by atoms with Crippen molar-refractivity contribution in [2.24, 2.45) is 0 Å². The van der Waals surface area contributed by atoms with Crippen LogP contribution in [0.25, 0.3) is 29.6 Å². The molecule has 0 bridgehead atoms. The molecule has 0 N–H and O–H groups in total. The van der Waals surface area contributed by atoms with Crippen LogP contribution in [-0.4, -0.2) is 0 Å². The van der Waals surface area contributed by atoms with Gasteiger partial charge in [-0.25, -0.2) is 0 Å². The van der Waals surface area contributed by atoms with Crippen molar-refractivity contribution in [1.82, 2.24) is 0 Å². The summed E-state index contributed by atoms with van der Waals surface area (Å²) in [5.74, 6) is 1.66. The number of rotatable bonds is 6. The Kier molecular flexibility index (Phi) is 7.81. The van der Waals surface area contributed by atoms with Crippen LogP contribution < -0.4 is 0 Å². The van der Waals surface area contributed by atoms with E-state index in [1.165, 1.54) is 11.1 Å². The van der Waals surface area contributed by atoms with Gasteiger partial charge in [0.25, 0.3) is 0 Å². The average Bonchev–Trinajstić information content (AvgIpc) is 3.46. The zero-order chi connectivity index (χ0) is 24.8. The van der Waals surface area contributed by atoms with E-state index >= 15 is 0 Å². The Bertz CT molecular complexity index is 1710. The van der Waals surface area contributed by atoms with E-state index in [0.29, 0.717) is 0 Å². The highest BCUT2D eigenvalue weighted by Gasteiger charge is 2.25. The quantitative estimate of drug-likeness (QED) is 0.130. The number of hydrogen-bond acceptors (Lipinski definition) is 8. The van der Waals surface area contributed by atoms with Gasteiger partial charge in [-0.05, 0) is 11.1 Å². The average molecular weight is 654 g/mol. The van der Waals surface area contributed by atoms with Gasteiger partial charge in [-0.3, -0.25) is 0 Å². The van der Waals surface area contributed by atoms with Crippen LogP contribution in [0.3, 0.4) is 0 Å². The zero-order valence-corrected chi connectivity index (χ0v) is 26.3. The first-order valence-electron chi connectivity index (χ1n) is 10.7. The number of fused-ring (bicyclic) bond motifs is 5. The molecule has 0 saturated heterocycles. The topological polar surface area (TPSA) is 0 Å². The highest BCUT2D eigenvalue weighted by Crippen LogP contribution is 2.55. The lowest BCUT2D eigenvalue weighted by atomic mass is 10.1. The van der Waals surface area contributed by atoms with E-state index < -0.39 is 0 Å². The SMILES string of the molecule is S=c1sc2c(SCc3ccccc3)c(Cl)c3c4sc(=S)sc4c(SCc4ccccc4)c(Cl)c3c2s1. The largest absolute Gasteiger partial charge is 0.144 e. The summed E-state index contributed by atoms with van der Waals surface area (Å²) >= 11 is 35.9. The molecule has 0 amide bonds. The third-order valence-corrected chi connectivity index (χ3v) is 14.5. The van der Waals surface area contributed by atoms with Crippen molar-refractivity contribution in [3.8, 4) is 0 Å². The van der Waals surface area contributed by atoms with E-state index in [-0.39, 0.29) is 0 Å². The summed E-state index contributed by atoms with van der Waals surface area (Å²) in [7, 11) is 0. The third-order valence-electron chi connectivity index (χ3n) is 5.56. The molecule has 0 unspecified atom stereocenters. The Morgan fingerprint density at radius 1 is 0.556 bits per heavy atom. The summed E-state index contributed by atoms with van der Waals surface area (Å²) in [6.45, 7) is 0. The summed E-state index contributed by atoms with van der Waals surface area (Å²) in [5, 5.41) is 3.51. The number of hydrogen-bond donors (Lipinski definition) is 0. The van der Waals surface area contributed by atoms with Crippen molar-refractivity contribution in [2.45, 2.75) is 21.3 Å².